The fourth-order valence-electron chi connectivity index (χ4n) is 5.63. The maximum atomic E-state index is 13.2. The van der Waals surface area contributed by atoms with Gasteiger partial charge >= 0.3 is 5.97 Å². The van der Waals surface area contributed by atoms with Gasteiger partial charge in [-0.1, -0.05) is 49.6 Å². The number of aromatic nitrogens is 6. The van der Waals surface area contributed by atoms with Crippen LogP contribution in [0.3, 0.4) is 0 Å². The minimum Gasteiger partial charge on any atom is -0.464 e. The highest BCUT2D eigenvalue weighted by Gasteiger charge is 2.25. The predicted molar refractivity (Wildman–Crippen MR) is 178 cm³/mol. The van der Waals surface area contributed by atoms with Crippen LogP contribution in [0.4, 0.5) is 17.3 Å². The highest BCUT2D eigenvalue weighted by atomic mass is 16.5. The molecule has 0 aliphatic carbocycles. The Morgan fingerprint density at radius 3 is 2.30 bits per heavy atom. The van der Waals surface area contributed by atoms with Gasteiger partial charge in [0.2, 0.25) is 0 Å². The quantitative estimate of drug-likeness (QED) is 0.109. The van der Waals surface area contributed by atoms with Crippen LogP contribution in [0.2, 0.25) is 0 Å². The van der Waals surface area contributed by atoms with Gasteiger partial charge in [0.1, 0.15) is 0 Å². The average molecular weight is 616 g/mol. The van der Waals surface area contributed by atoms with Crippen LogP contribution in [0.15, 0.2) is 97.3 Å². The number of hydrogen-bond donors (Lipinski definition) is 1. The number of carbonyl (C=O) groups is 1. The number of methoxy groups -OCH3 is 1. The fraction of sp³-hybridized carbons (Fsp3) is 0.250. The Balaban J connectivity index is 1.42. The third-order valence-electron chi connectivity index (χ3n) is 7.96. The summed E-state index contributed by atoms with van der Waals surface area (Å²) < 4.78 is 8.68. The number of hydrogen-bond acceptors (Lipinski definition) is 8. The van der Waals surface area contributed by atoms with Crippen LogP contribution < -0.4 is 4.90 Å². The number of aliphatic hydroxyl groups excluding tert-OH is 1. The molecule has 10 nitrogen and oxygen atoms in total. The van der Waals surface area contributed by atoms with Crippen LogP contribution in [0.1, 0.15) is 53.8 Å². The van der Waals surface area contributed by atoms with E-state index in [-0.39, 0.29) is 12.3 Å². The van der Waals surface area contributed by atoms with E-state index in [1.165, 1.54) is 12.7 Å². The van der Waals surface area contributed by atoms with Crippen molar-refractivity contribution in [3.8, 4) is 11.4 Å². The molecule has 0 unspecified atom stereocenters. The third kappa shape index (κ3) is 6.52. The first-order chi connectivity index (χ1) is 22.6. The number of anilines is 3. The van der Waals surface area contributed by atoms with Crippen LogP contribution in [-0.2, 0) is 11.2 Å². The lowest BCUT2D eigenvalue weighted by atomic mass is 10.0. The predicted octanol–water partition coefficient (Wildman–Crippen LogP) is 7.05. The van der Waals surface area contributed by atoms with E-state index in [0.717, 1.165) is 61.0 Å². The van der Waals surface area contributed by atoms with Gasteiger partial charge in [-0.05, 0) is 74.2 Å². The van der Waals surface area contributed by atoms with Crippen molar-refractivity contribution >= 4 is 34.3 Å². The van der Waals surface area contributed by atoms with Gasteiger partial charge in [0.25, 0.3) is 0 Å². The van der Waals surface area contributed by atoms with Crippen molar-refractivity contribution in [1.82, 2.24) is 29.5 Å². The highest BCUT2D eigenvalue weighted by Crippen LogP contribution is 2.36. The summed E-state index contributed by atoms with van der Waals surface area (Å²) in [6.45, 7) is 2.27. The first-order valence-electron chi connectivity index (χ1n) is 15.6. The molecule has 1 N–H and O–H groups in total. The average Bonchev–Trinajstić information content (AvgIpc) is 3.71. The van der Waals surface area contributed by atoms with Gasteiger partial charge in [0.15, 0.2) is 23.0 Å². The Labute approximate surface area is 267 Å². The number of unbranched alkanes of at least 4 members (excludes halogenated alkanes) is 4. The van der Waals surface area contributed by atoms with E-state index in [9.17, 15) is 4.79 Å². The van der Waals surface area contributed by atoms with Crippen molar-refractivity contribution in [2.75, 3.05) is 18.6 Å². The van der Waals surface area contributed by atoms with Gasteiger partial charge in [-0.3, -0.25) is 4.90 Å². The van der Waals surface area contributed by atoms with Gasteiger partial charge in [0, 0.05) is 47.9 Å². The monoisotopic (exact) mass is 615 g/mol. The number of benzene rings is 2. The van der Waals surface area contributed by atoms with Crippen LogP contribution in [0, 0.1) is 6.92 Å². The molecule has 4 heterocycles. The van der Waals surface area contributed by atoms with Crippen molar-refractivity contribution in [3.05, 3.63) is 114 Å². The van der Waals surface area contributed by atoms with E-state index in [0.29, 0.717) is 23.0 Å². The summed E-state index contributed by atoms with van der Waals surface area (Å²) in [6, 6.07) is 27.7. The number of aryl methyl sites for hydroxylation is 2. The Morgan fingerprint density at radius 2 is 1.52 bits per heavy atom. The topological polar surface area (TPSA) is 111 Å². The summed E-state index contributed by atoms with van der Waals surface area (Å²) in [5.74, 6) is 0.636. The van der Waals surface area contributed by atoms with Crippen LogP contribution in [-0.4, -0.2) is 54.3 Å². The molecule has 0 saturated carbocycles. The lowest BCUT2D eigenvalue weighted by Gasteiger charge is -2.20. The molecule has 10 heteroatoms. The number of nitrogens with zero attached hydrogens (tertiary/aromatic N) is 7. The molecule has 0 fully saturated rings. The van der Waals surface area contributed by atoms with Gasteiger partial charge in [0.05, 0.1) is 18.5 Å². The number of para-hydroxylation sites is 1. The van der Waals surface area contributed by atoms with Crippen LogP contribution in [0.25, 0.3) is 22.4 Å². The van der Waals surface area contributed by atoms with Gasteiger partial charge < -0.3 is 9.84 Å². The van der Waals surface area contributed by atoms with Crippen LogP contribution in [0.5, 0.6) is 0 Å². The van der Waals surface area contributed by atoms with E-state index in [1.807, 2.05) is 71.1 Å². The van der Waals surface area contributed by atoms with E-state index in [2.05, 4.69) is 34.2 Å². The summed E-state index contributed by atoms with van der Waals surface area (Å²) in [7, 11) is 1.36. The number of rotatable bonds is 13. The van der Waals surface area contributed by atoms with Crippen molar-refractivity contribution in [2.45, 2.75) is 45.4 Å². The summed E-state index contributed by atoms with van der Waals surface area (Å²) >= 11 is 0. The van der Waals surface area contributed by atoms with Gasteiger partial charge in [-0.15, -0.1) is 10.2 Å². The molecule has 0 spiro atoms. The second kappa shape index (κ2) is 14.2. The number of aliphatic hydroxyl groups is 1. The molecule has 0 radical (unpaired) electrons. The molecule has 0 amide bonds. The van der Waals surface area contributed by atoms with Crippen molar-refractivity contribution in [2.24, 2.45) is 0 Å². The number of fused-ring (bicyclic) bond motifs is 1. The zero-order valence-electron chi connectivity index (χ0n) is 26.1. The summed E-state index contributed by atoms with van der Waals surface area (Å²) in [4.78, 5) is 23.9. The molecule has 4 aromatic heterocycles. The maximum Gasteiger partial charge on any atom is 0.356 e. The number of pyridine rings is 2. The zero-order valence-corrected chi connectivity index (χ0v) is 26.1. The molecule has 0 aliphatic heterocycles. The lowest BCUT2D eigenvalue weighted by molar-refractivity contribution is 0.0590. The fourth-order valence-corrected chi connectivity index (χ4v) is 5.63. The normalized spacial score (nSPS) is 11.2. The second-order valence-corrected chi connectivity index (χ2v) is 11.1. The molecule has 6 aromatic rings. The van der Waals surface area contributed by atoms with Crippen molar-refractivity contribution < 1.29 is 14.6 Å². The highest BCUT2D eigenvalue weighted by molar-refractivity contribution is 5.92. The molecule has 2 aromatic carbocycles. The number of ether oxygens (including phenoxy) is 1. The molecule has 6 rings (SSSR count). The lowest BCUT2D eigenvalue weighted by Crippen LogP contribution is -2.13. The largest absolute Gasteiger partial charge is 0.464 e. The van der Waals surface area contributed by atoms with Gasteiger partial charge in [-0.2, -0.15) is 0 Å². The minimum absolute atomic E-state index is 0.260. The molecule has 0 aliphatic rings. The summed E-state index contributed by atoms with van der Waals surface area (Å²) in [6.07, 6.45) is 9.60. The van der Waals surface area contributed by atoms with E-state index in [1.54, 1.807) is 23.1 Å². The molecule has 234 valence electrons. The Kier molecular flexibility index (Phi) is 9.45. The van der Waals surface area contributed by atoms with E-state index in [4.69, 9.17) is 20.0 Å². The number of esters is 1. The van der Waals surface area contributed by atoms with E-state index < -0.39 is 5.97 Å². The summed E-state index contributed by atoms with van der Waals surface area (Å²) in [5, 5.41) is 19.8. The smallest absolute Gasteiger partial charge is 0.356 e. The zero-order chi connectivity index (χ0) is 31.9. The van der Waals surface area contributed by atoms with Crippen molar-refractivity contribution in [3.63, 3.8) is 0 Å². The van der Waals surface area contributed by atoms with Gasteiger partial charge in [-0.25, -0.2) is 24.1 Å². The molecule has 46 heavy (non-hydrogen) atoms. The first kappa shape index (κ1) is 30.7. The Hall–Kier alpha value is -5.35. The molecular weight excluding hydrogens is 578 g/mol. The Morgan fingerprint density at radius 1 is 0.804 bits per heavy atom. The van der Waals surface area contributed by atoms with Crippen molar-refractivity contribution in [1.29, 1.82) is 0 Å². The Bertz CT molecular complexity index is 1910. The standard InChI is InChI=1S/C36H37N7O3/c1-26-24-33(39-42(26)29-13-8-6-9-14-29)41(28-18-16-27(17-19-28)12-7-4-3-5-10-23-44)34-25-32(36(45)46-2)43(40-34)31-20-22-38-35-30(31)15-11-21-37-35/h6,8-9,11,13-22,24-25,44H,3-5,7,10,12,23H2,1-2H3. The minimum atomic E-state index is -0.520. The third-order valence-corrected chi connectivity index (χ3v) is 7.96. The molecule has 0 saturated heterocycles. The first-order valence-corrected chi connectivity index (χ1v) is 15.6. The number of carbonyl (C=O) groups excluding carboxylic acids is 1. The van der Waals surface area contributed by atoms with Crippen LogP contribution >= 0.6 is 0 Å². The molecule has 0 bridgehead atoms. The van der Waals surface area contributed by atoms with E-state index >= 15 is 0 Å². The second-order valence-electron chi connectivity index (χ2n) is 11.1. The summed E-state index contributed by atoms with van der Waals surface area (Å²) in [5.41, 5.74) is 5.45. The maximum absolute atomic E-state index is 13.2. The molecule has 0 atom stereocenters. The SMILES string of the molecule is COC(=O)c1cc(N(c2ccc(CCCCCCCO)cc2)c2cc(C)n(-c3ccccc3)n2)nn1-c1ccnc2ncccc12. The molecular formula is C36H37N7O3.